The molecule has 1 aliphatic rings. The van der Waals surface area contributed by atoms with Crippen LogP contribution in [0, 0.1) is 6.92 Å². The molecule has 0 spiro atoms. The van der Waals surface area contributed by atoms with Gasteiger partial charge in [-0.2, -0.15) is 0 Å². The van der Waals surface area contributed by atoms with Gasteiger partial charge in [0.1, 0.15) is 16.5 Å². The number of allylic oxidation sites excluding steroid dienone is 1. The lowest BCUT2D eigenvalue weighted by Crippen LogP contribution is -2.25. The Balaban J connectivity index is 1.39. The predicted molar refractivity (Wildman–Crippen MR) is 152 cm³/mol. The largest absolute Gasteiger partial charge is 0.497 e. The Labute approximate surface area is 227 Å². The van der Waals surface area contributed by atoms with E-state index in [1.165, 1.54) is 35.3 Å². The number of aromatic nitrogens is 4. The summed E-state index contributed by atoms with van der Waals surface area (Å²) in [6.45, 7) is 3.40. The van der Waals surface area contributed by atoms with Gasteiger partial charge < -0.3 is 14.6 Å². The van der Waals surface area contributed by atoms with Gasteiger partial charge in [0, 0.05) is 36.6 Å². The summed E-state index contributed by atoms with van der Waals surface area (Å²) in [5.41, 5.74) is 6.81. The first-order valence-electron chi connectivity index (χ1n) is 13.1. The fourth-order valence-electron chi connectivity index (χ4n) is 4.89. The van der Waals surface area contributed by atoms with E-state index in [9.17, 15) is 4.79 Å². The van der Waals surface area contributed by atoms with E-state index in [1.807, 2.05) is 30.5 Å². The van der Waals surface area contributed by atoms with E-state index in [-0.39, 0.29) is 5.91 Å². The molecule has 0 saturated heterocycles. The maximum Gasteiger partial charge on any atom is 0.253 e. The number of amides is 1. The van der Waals surface area contributed by atoms with Crippen molar-refractivity contribution >= 4 is 17.2 Å². The lowest BCUT2D eigenvalue weighted by Gasteiger charge is -2.13. The third-order valence-electron chi connectivity index (χ3n) is 7.06. The van der Waals surface area contributed by atoms with Gasteiger partial charge in [0.2, 0.25) is 0 Å². The summed E-state index contributed by atoms with van der Waals surface area (Å²) < 4.78 is 7.50. The number of methoxy groups -OCH3 is 1. The normalized spacial score (nSPS) is 13.3. The average Bonchev–Trinajstić information content (AvgIpc) is 3.58. The number of carbonyl (C=O) groups is 1. The van der Waals surface area contributed by atoms with Crippen LogP contribution in [0.4, 0.5) is 0 Å². The summed E-state index contributed by atoms with van der Waals surface area (Å²) in [5.74, 6) is 0.807. The second-order valence-electron chi connectivity index (χ2n) is 9.52. The highest BCUT2D eigenvalue weighted by molar-refractivity contribution is 7.13. The number of benzene rings is 1. The molecule has 0 aliphatic heterocycles. The molecule has 1 N–H and O–H groups in total. The molecule has 0 bridgehead atoms. The number of carbonyl (C=O) groups excluding carboxylic acids is 1. The zero-order valence-electron chi connectivity index (χ0n) is 21.9. The van der Waals surface area contributed by atoms with Gasteiger partial charge in [-0.05, 0) is 69.2 Å². The first kappa shape index (κ1) is 25.9. The highest BCUT2D eigenvalue weighted by Crippen LogP contribution is 2.31. The third-order valence-corrected chi connectivity index (χ3v) is 7.92. The SMILES string of the molecule is COc1ccc(CCn2c(-c3csc(-c4cnccn4)n3)cc(C(=O)NCCC3=CCCCC3)c2C)cc1. The molecule has 5 rings (SSSR count). The molecule has 0 unspecified atom stereocenters. The summed E-state index contributed by atoms with van der Waals surface area (Å²) in [6, 6.07) is 10.1. The van der Waals surface area contributed by atoms with Gasteiger partial charge in [-0.15, -0.1) is 11.3 Å². The average molecular weight is 528 g/mol. The summed E-state index contributed by atoms with van der Waals surface area (Å²) >= 11 is 1.53. The molecule has 3 aromatic heterocycles. The summed E-state index contributed by atoms with van der Waals surface area (Å²) in [4.78, 5) is 26.7. The first-order valence-corrected chi connectivity index (χ1v) is 14.0. The molecule has 4 aromatic rings. The molecule has 3 heterocycles. The number of aryl methyl sites for hydroxylation is 1. The first-order chi connectivity index (χ1) is 18.6. The molecule has 8 heteroatoms. The minimum atomic E-state index is -0.0345. The van der Waals surface area contributed by atoms with Gasteiger partial charge in [-0.3, -0.25) is 14.8 Å². The standard InChI is InChI=1S/C30H33N5O2S/c1-21-25(29(36)33-14-12-22-6-4-3-5-7-22)18-28(27-20-38-30(34-27)26-19-31-15-16-32-26)35(21)17-13-23-8-10-24(37-2)11-9-23/h6,8-11,15-16,18-20H,3-5,7,12-14,17H2,1-2H3,(H,33,36). The molecule has 1 aromatic carbocycles. The maximum absolute atomic E-state index is 13.3. The van der Waals surface area contributed by atoms with Crippen molar-refractivity contribution in [1.29, 1.82) is 0 Å². The minimum Gasteiger partial charge on any atom is -0.497 e. The monoisotopic (exact) mass is 527 g/mol. The fourth-order valence-corrected chi connectivity index (χ4v) is 5.66. The second-order valence-corrected chi connectivity index (χ2v) is 10.4. The molecular weight excluding hydrogens is 494 g/mol. The van der Waals surface area contributed by atoms with Crippen molar-refractivity contribution < 1.29 is 9.53 Å². The van der Waals surface area contributed by atoms with Crippen molar-refractivity contribution in [3.05, 3.63) is 82.8 Å². The molecule has 38 heavy (non-hydrogen) atoms. The van der Waals surface area contributed by atoms with Crippen molar-refractivity contribution in [2.24, 2.45) is 0 Å². The van der Waals surface area contributed by atoms with Crippen LogP contribution in [-0.2, 0) is 13.0 Å². The lowest BCUT2D eigenvalue weighted by atomic mass is 9.97. The highest BCUT2D eigenvalue weighted by atomic mass is 32.1. The van der Waals surface area contributed by atoms with Crippen LogP contribution in [-0.4, -0.2) is 39.1 Å². The molecule has 0 radical (unpaired) electrons. The van der Waals surface area contributed by atoms with E-state index in [1.54, 1.807) is 25.7 Å². The molecule has 7 nitrogen and oxygen atoms in total. The topological polar surface area (TPSA) is 81.9 Å². The molecule has 1 amide bonds. The van der Waals surface area contributed by atoms with Crippen molar-refractivity contribution in [1.82, 2.24) is 24.8 Å². The molecule has 1 aliphatic carbocycles. The van der Waals surface area contributed by atoms with E-state index in [4.69, 9.17) is 9.72 Å². The smallest absolute Gasteiger partial charge is 0.253 e. The Hall–Kier alpha value is -3.78. The summed E-state index contributed by atoms with van der Waals surface area (Å²) in [7, 11) is 1.67. The Morgan fingerprint density at radius 2 is 2.00 bits per heavy atom. The highest BCUT2D eigenvalue weighted by Gasteiger charge is 2.21. The number of ether oxygens (including phenoxy) is 1. The molecule has 196 valence electrons. The van der Waals surface area contributed by atoms with Crippen LogP contribution in [0.3, 0.4) is 0 Å². The van der Waals surface area contributed by atoms with Crippen LogP contribution in [0.15, 0.2) is 66.0 Å². The Kier molecular flexibility index (Phi) is 8.28. The van der Waals surface area contributed by atoms with E-state index in [0.29, 0.717) is 12.1 Å². The van der Waals surface area contributed by atoms with Crippen molar-refractivity contribution in [3.8, 4) is 27.8 Å². The number of thiazole rings is 1. The van der Waals surface area contributed by atoms with Gasteiger partial charge in [0.15, 0.2) is 0 Å². The van der Waals surface area contributed by atoms with Crippen molar-refractivity contribution in [2.75, 3.05) is 13.7 Å². The van der Waals surface area contributed by atoms with Crippen LogP contribution in [0.2, 0.25) is 0 Å². The Morgan fingerprint density at radius 3 is 2.74 bits per heavy atom. The third kappa shape index (κ3) is 6.02. The Morgan fingerprint density at radius 1 is 1.13 bits per heavy atom. The van der Waals surface area contributed by atoms with Crippen LogP contribution in [0.5, 0.6) is 5.75 Å². The van der Waals surface area contributed by atoms with E-state index in [2.05, 4.69) is 38.1 Å². The van der Waals surface area contributed by atoms with Gasteiger partial charge in [0.05, 0.1) is 30.3 Å². The quantitative estimate of drug-likeness (QED) is 0.247. The maximum atomic E-state index is 13.3. The zero-order chi connectivity index (χ0) is 26.3. The zero-order valence-corrected chi connectivity index (χ0v) is 22.8. The van der Waals surface area contributed by atoms with E-state index >= 15 is 0 Å². The fraction of sp³-hybridized carbons (Fsp3) is 0.333. The van der Waals surface area contributed by atoms with Crippen LogP contribution >= 0.6 is 11.3 Å². The number of hydrogen-bond donors (Lipinski definition) is 1. The second kappa shape index (κ2) is 12.2. The molecular formula is C30H33N5O2S. The van der Waals surface area contributed by atoms with Gasteiger partial charge in [0.25, 0.3) is 5.91 Å². The van der Waals surface area contributed by atoms with Crippen molar-refractivity contribution in [2.45, 2.75) is 52.0 Å². The number of hydrogen-bond acceptors (Lipinski definition) is 6. The van der Waals surface area contributed by atoms with Crippen molar-refractivity contribution in [3.63, 3.8) is 0 Å². The van der Waals surface area contributed by atoms with Gasteiger partial charge in [-0.25, -0.2) is 4.98 Å². The van der Waals surface area contributed by atoms with Crippen LogP contribution < -0.4 is 10.1 Å². The van der Waals surface area contributed by atoms with E-state index in [0.717, 1.165) is 65.8 Å². The number of nitrogens with zero attached hydrogens (tertiary/aromatic N) is 4. The number of nitrogens with one attached hydrogen (secondary N) is 1. The van der Waals surface area contributed by atoms with Crippen LogP contribution in [0.25, 0.3) is 22.1 Å². The minimum absolute atomic E-state index is 0.0345. The Bertz CT molecular complexity index is 1410. The van der Waals surface area contributed by atoms with Crippen LogP contribution in [0.1, 0.15) is 53.7 Å². The molecule has 0 fully saturated rings. The van der Waals surface area contributed by atoms with Gasteiger partial charge >= 0.3 is 0 Å². The number of rotatable bonds is 10. The molecule has 0 saturated carbocycles. The molecule has 0 atom stereocenters. The summed E-state index contributed by atoms with van der Waals surface area (Å²) in [5, 5.41) is 5.99. The van der Waals surface area contributed by atoms with Gasteiger partial charge in [-0.1, -0.05) is 23.8 Å². The lowest BCUT2D eigenvalue weighted by molar-refractivity contribution is 0.0953. The summed E-state index contributed by atoms with van der Waals surface area (Å²) in [6.07, 6.45) is 14.0. The van der Waals surface area contributed by atoms with E-state index < -0.39 is 0 Å². The predicted octanol–water partition coefficient (Wildman–Crippen LogP) is 6.25.